The van der Waals surface area contributed by atoms with Crippen LogP contribution in [0.15, 0.2) is 34.9 Å². The van der Waals surface area contributed by atoms with Crippen LogP contribution in [0.3, 0.4) is 0 Å². The molecule has 0 fully saturated rings. The van der Waals surface area contributed by atoms with Crippen molar-refractivity contribution in [2.45, 2.75) is 33.3 Å². The van der Waals surface area contributed by atoms with E-state index in [0.717, 1.165) is 34.0 Å². The molecule has 3 aromatic rings. The van der Waals surface area contributed by atoms with E-state index in [-0.39, 0.29) is 12.3 Å². The first-order valence-corrected chi connectivity index (χ1v) is 8.58. The van der Waals surface area contributed by atoms with Gasteiger partial charge in [0, 0.05) is 12.1 Å². The summed E-state index contributed by atoms with van der Waals surface area (Å²) in [7, 11) is 0. The predicted octanol–water partition coefficient (Wildman–Crippen LogP) is 2.73. The Balaban J connectivity index is 1.43. The first-order chi connectivity index (χ1) is 12.6. The fourth-order valence-corrected chi connectivity index (χ4v) is 3.13. The van der Waals surface area contributed by atoms with Crippen molar-refractivity contribution in [1.29, 1.82) is 0 Å². The highest BCUT2D eigenvalue weighted by molar-refractivity contribution is 5.92. The number of carbonyl (C=O) groups excluding carboxylic acids is 1. The van der Waals surface area contributed by atoms with E-state index in [9.17, 15) is 4.79 Å². The average molecular weight is 352 g/mol. The molecule has 26 heavy (non-hydrogen) atoms. The summed E-state index contributed by atoms with van der Waals surface area (Å²) >= 11 is 0. The van der Waals surface area contributed by atoms with Gasteiger partial charge in [-0.2, -0.15) is 5.10 Å². The Bertz CT molecular complexity index is 940. The molecule has 0 unspecified atom stereocenters. The van der Waals surface area contributed by atoms with Crippen molar-refractivity contribution < 1.29 is 14.1 Å². The average Bonchev–Trinajstić information content (AvgIpc) is 3.18. The third kappa shape index (κ3) is 3.25. The molecular formula is C19H20N4O3. The lowest BCUT2D eigenvalue weighted by Gasteiger charge is -2.11. The number of aromatic nitrogens is 3. The van der Waals surface area contributed by atoms with E-state index in [0.29, 0.717) is 25.5 Å². The maximum atomic E-state index is 12.3. The van der Waals surface area contributed by atoms with Gasteiger partial charge in [0.1, 0.15) is 5.76 Å². The van der Waals surface area contributed by atoms with Crippen molar-refractivity contribution in [3.63, 3.8) is 0 Å². The molecule has 0 aliphatic carbocycles. The number of benzene rings is 1. The highest BCUT2D eigenvalue weighted by atomic mass is 16.5. The normalized spacial score (nSPS) is 13.5. The van der Waals surface area contributed by atoms with Crippen LogP contribution >= 0.6 is 0 Å². The number of nitrogens with one attached hydrogen (secondary N) is 1. The summed E-state index contributed by atoms with van der Waals surface area (Å²) in [5, 5.41) is 11.2. The van der Waals surface area contributed by atoms with Gasteiger partial charge in [0.05, 0.1) is 36.6 Å². The maximum Gasteiger partial charge on any atom is 0.230 e. The molecule has 7 nitrogen and oxygen atoms in total. The van der Waals surface area contributed by atoms with Crippen molar-refractivity contribution in [2.75, 3.05) is 11.9 Å². The van der Waals surface area contributed by atoms with E-state index in [2.05, 4.69) is 15.6 Å². The van der Waals surface area contributed by atoms with Crippen molar-refractivity contribution in [3.8, 4) is 5.69 Å². The third-order valence-corrected chi connectivity index (χ3v) is 4.40. The van der Waals surface area contributed by atoms with Crippen LogP contribution < -0.4 is 5.32 Å². The number of hydrogen-bond acceptors (Lipinski definition) is 5. The molecule has 1 aromatic carbocycles. The first-order valence-electron chi connectivity index (χ1n) is 8.58. The zero-order chi connectivity index (χ0) is 18.1. The van der Waals surface area contributed by atoms with Crippen LogP contribution in [0.5, 0.6) is 0 Å². The number of ether oxygens (including phenoxy) is 1. The Hall–Kier alpha value is -2.93. The molecule has 0 spiro atoms. The molecule has 2 aromatic heterocycles. The number of hydrogen-bond donors (Lipinski definition) is 1. The van der Waals surface area contributed by atoms with Gasteiger partial charge < -0.3 is 14.6 Å². The Kier molecular flexibility index (Phi) is 4.30. The second-order valence-corrected chi connectivity index (χ2v) is 6.47. The molecule has 3 heterocycles. The summed E-state index contributed by atoms with van der Waals surface area (Å²) < 4.78 is 12.6. The third-order valence-electron chi connectivity index (χ3n) is 4.40. The molecular weight excluding hydrogens is 332 g/mol. The van der Waals surface area contributed by atoms with Gasteiger partial charge in [-0.15, -0.1) is 0 Å². The van der Waals surface area contributed by atoms with Crippen LogP contribution in [-0.4, -0.2) is 27.5 Å². The van der Waals surface area contributed by atoms with Crippen LogP contribution in [-0.2, 0) is 29.0 Å². The fourth-order valence-electron chi connectivity index (χ4n) is 3.13. The van der Waals surface area contributed by atoms with Gasteiger partial charge >= 0.3 is 0 Å². The summed E-state index contributed by atoms with van der Waals surface area (Å²) in [5.74, 6) is 1.12. The van der Waals surface area contributed by atoms with Gasteiger partial charge in [0.25, 0.3) is 0 Å². The number of fused-ring (bicyclic) bond motifs is 1. The number of anilines is 1. The Morgan fingerprint density at radius 3 is 2.81 bits per heavy atom. The topological polar surface area (TPSA) is 82.2 Å². The van der Waals surface area contributed by atoms with Crippen molar-refractivity contribution in [3.05, 3.63) is 58.6 Å². The molecule has 1 amide bonds. The molecule has 0 saturated carbocycles. The molecule has 1 aliphatic rings. The number of nitrogens with zero attached hydrogens (tertiary/aromatic N) is 3. The Morgan fingerprint density at radius 2 is 2.08 bits per heavy atom. The molecule has 1 N–H and O–H groups in total. The smallest absolute Gasteiger partial charge is 0.230 e. The minimum absolute atomic E-state index is 0.134. The highest BCUT2D eigenvalue weighted by Gasteiger charge is 2.21. The monoisotopic (exact) mass is 352 g/mol. The SMILES string of the molecule is Cc1cc(C)n(-c2ccc(CC(=O)Nc3noc4c3COCC4)cc2)n1. The number of amides is 1. The summed E-state index contributed by atoms with van der Waals surface area (Å²) in [6, 6.07) is 9.84. The molecule has 4 rings (SSSR count). The number of aryl methyl sites for hydroxylation is 2. The van der Waals surface area contributed by atoms with Crippen LogP contribution in [0.1, 0.15) is 28.3 Å². The summed E-state index contributed by atoms with van der Waals surface area (Å²) in [6.07, 6.45) is 0.950. The van der Waals surface area contributed by atoms with Crippen LogP contribution in [0, 0.1) is 13.8 Å². The molecule has 0 bridgehead atoms. The van der Waals surface area contributed by atoms with Gasteiger partial charge in [0.2, 0.25) is 5.91 Å². The zero-order valence-electron chi connectivity index (χ0n) is 14.8. The van der Waals surface area contributed by atoms with Crippen LogP contribution in [0.2, 0.25) is 0 Å². The molecule has 0 saturated heterocycles. The number of rotatable bonds is 4. The molecule has 134 valence electrons. The predicted molar refractivity (Wildman–Crippen MR) is 95.2 cm³/mol. The molecule has 7 heteroatoms. The van der Waals surface area contributed by atoms with Gasteiger partial charge in [-0.1, -0.05) is 17.3 Å². The Morgan fingerprint density at radius 1 is 1.27 bits per heavy atom. The van der Waals surface area contributed by atoms with Gasteiger partial charge in [0.15, 0.2) is 5.82 Å². The first kappa shape index (κ1) is 16.5. The summed E-state index contributed by atoms with van der Waals surface area (Å²) in [6.45, 7) is 5.03. The highest BCUT2D eigenvalue weighted by Crippen LogP contribution is 2.24. The lowest BCUT2D eigenvalue weighted by molar-refractivity contribution is -0.115. The summed E-state index contributed by atoms with van der Waals surface area (Å²) in [5.41, 5.74) is 4.78. The molecule has 1 aliphatic heterocycles. The van der Waals surface area contributed by atoms with Crippen molar-refractivity contribution in [2.24, 2.45) is 0 Å². The minimum Gasteiger partial charge on any atom is -0.376 e. The van der Waals surface area contributed by atoms with Gasteiger partial charge in [-0.3, -0.25) is 4.79 Å². The lowest BCUT2D eigenvalue weighted by atomic mass is 10.1. The molecule has 0 atom stereocenters. The zero-order valence-corrected chi connectivity index (χ0v) is 14.8. The minimum atomic E-state index is -0.134. The van der Waals surface area contributed by atoms with Gasteiger partial charge in [-0.05, 0) is 37.6 Å². The number of carbonyl (C=O) groups is 1. The van der Waals surface area contributed by atoms with Crippen molar-refractivity contribution >= 4 is 11.7 Å². The van der Waals surface area contributed by atoms with E-state index < -0.39 is 0 Å². The van der Waals surface area contributed by atoms with E-state index in [4.69, 9.17) is 9.26 Å². The van der Waals surface area contributed by atoms with Crippen molar-refractivity contribution in [1.82, 2.24) is 14.9 Å². The second kappa shape index (κ2) is 6.76. The fraction of sp³-hybridized carbons (Fsp3) is 0.316. The van der Waals surface area contributed by atoms with E-state index in [1.807, 2.05) is 48.9 Å². The van der Waals surface area contributed by atoms with E-state index in [1.54, 1.807) is 0 Å². The van der Waals surface area contributed by atoms with E-state index >= 15 is 0 Å². The standard InChI is InChI=1S/C19H20N4O3/c1-12-9-13(2)23(21-12)15-5-3-14(4-6-15)10-18(24)20-19-16-11-25-8-7-17(16)26-22-19/h3-6,9H,7-8,10-11H2,1-2H3,(H,20,22,24). The maximum absolute atomic E-state index is 12.3. The van der Waals surface area contributed by atoms with Crippen LogP contribution in [0.4, 0.5) is 5.82 Å². The van der Waals surface area contributed by atoms with E-state index in [1.165, 1.54) is 0 Å². The summed E-state index contributed by atoms with van der Waals surface area (Å²) in [4.78, 5) is 12.3. The Labute approximate surface area is 150 Å². The molecule has 0 radical (unpaired) electrons. The second-order valence-electron chi connectivity index (χ2n) is 6.47. The largest absolute Gasteiger partial charge is 0.376 e. The lowest BCUT2D eigenvalue weighted by Crippen LogP contribution is -2.17. The van der Waals surface area contributed by atoms with Gasteiger partial charge in [-0.25, -0.2) is 4.68 Å². The van der Waals surface area contributed by atoms with Crippen LogP contribution in [0.25, 0.3) is 5.69 Å². The quantitative estimate of drug-likeness (QED) is 0.781.